The zero-order chi connectivity index (χ0) is 19.2. The summed E-state index contributed by atoms with van der Waals surface area (Å²) in [6, 6.07) is 15.5. The Balaban J connectivity index is 1.82. The molecule has 1 N–H and O–H groups in total. The van der Waals surface area contributed by atoms with Crippen LogP contribution in [0.25, 0.3) is 11.0 Å². The highest BCUT2D eigenvalue weighted by atomic mass is 32.2. The van der Waals surface area contributed by atoms with Crippen LogP contribution >= 0.6 is 11.8 Å². The standard InChI is InChI=1S/C21H22N2O3S/c1-3-26-21(25)16(12-13-27-15-10-8-14(2)9-11-15)19-20(24)23-18-7-5-4-6-17(18)22-19/h4-11,16H,3,12-13H2,1-2H3,(H,23,24). The monoisotopic (exact) mass is 382 g/mol. The van der Waals surface area contributed by atoms with E-state index in [0.717, 1.165) is 4.90 Å². The van der Waals surface area contributed by atoms with Crippen LogP contribution in [0.15, 0.2) is 58.2 Å². The molecule has 27 heavy (non-hydrogen) atoms. The van der Waals surface area contributed by atoms with Gasteiger partial charge in [-0.2, -0.15) is 0 Å². The van der Waals surface area contributed by atoms with Gasteiger partial charge in [0.2, 0.25) is 0 Å². The van der Waals surface area contributed by atoms with Gasteiger partial charge in [0, 0.05) is 4.90 Å². The number of carbonyl (C=O) groups is 1. The Bertz CT molecular complexity index is 983. The lowest BCUT2D eigenvalue weighted by Gasteiger charge is -2.15. The third-order valence-corrected chi connectivity index (χ3v) is 5.27. The first-order chi connectivity index (χ1) is 13.1. The number of esters is 1. The molecule has 0 spiro atoms. The molecule has 0 radical (unpaired) electrons. The number of carbonyl (C=O) groups excluding carboxylic acids is 1. The average Bonchev–Trinajstić information content (AvgIpc) is 2.66. The Morgan fingerprint density at radius 2 is 1.93 bits per heavy atom. The summed E-state index contributed by atoms with van der Waals surface area (Å²) >= 11 is 1.65. The highest BCUT2D eigenvalue weighted by molar-refractivity contribution is 7.99. The van der Waals surface area contributed by atoms with Crippen molar-refractivity contribution in [3.05, 3.63) is 70.1 Å². The third kappa shape index (κ3) is 4.77. The van der Waals surface area contributed by atoms with E-state index in [9.17, 15) is 9.59 Å². The number of rotatable bonds is 7. The van der Waals surface area contributed by atoms with Crippen LogP contribution in [-0.2, 0) is 9.53 Å². The maximum Gasteiger partial charge on any atom is 0.315 e. The molecule has 140 valence electrons. The maximum absolute atomic E-state index is 12.5. The molecule has 6 heteroatoms. The lowest BCUT2D eigenvalue weighted by molar-refractivity contribution is -0.145. The van der Waals surface area contributed by atoms with Gasteiger partial charge in [0.25, 0.3) is 5.56 Å². The van der Waals surface area contributed by atoms with Crippen LogP contribution in [0.3, 0.4) is 0 Å². The van der Waals surface area contributed by atoms with Gasteiger partial charge in [0.1, 0.15) is 11.6 Å². The predicted molar refractivity (Wildman–Crippen MR) is 108 cm³/mol. The minimum atomic E-state index is -0.684. The summed E-state index contributed by atoms with van der Waals surface area (Å²) in [6.45, 7) is 4.07. The topological polar surface area (TPSA) is 72.0 Å². The Morgan fingerprint density at radius 3 is 2.67 bits per heavy atom. The molecule has 3 aromatic rings. The second-order valence-electron chi connectivity index (χ2n) is 6.22. The Kier molecular flexibility index (Phi) is 6.29. The molecule has 0 bridgehead atoms. The SMILES string of the molecule is CCOC(=O)C(CCSc1ccc(C)cc1)c1nc2ccccc2[nH]c1=O. The number of aromatic nitrogens is 2. The van der Waals surface area contributed by atoms with E-state index in [1.165, 1.54) is 5.56 Å². The fraction of sp³-hybridized carbons (Fsp3) is 0.286. The number of aryl methyl sites for hydroxylation is 1. The molecule has 0 fully saturated rings. The van der Waals surface area contributed by atoms with Gasteiger partial charge in [-0.25, -0.2) is 4.98 Å². The van der Waals surface area contributed by atoms with Gasteiger partial charge < -0.3 is 9.72 Å². The normalized spacial score (nSPS) is 12.1. The number of hydrogen-bond acceptors (Lipinski definition) is 5. The molecular weight excluding hydrogens is 360 g/mol. The number of nitrogens with zero attached hydrogens (tertiary/aromatic N) is 1. The number of hydrogen-bond donors (Lipinski definition) is 1. The first kappa shape index (κ1) is 19.2. The number of aromatic amines is 1. The maximum atomic E-state index is 12.5. The van der Waals surface area contributed by atoms with E-state index in [0.29, 0.717) is 23.2 Å². The first-order valence-electron chi connectivity index (χ1n) is 8.93. The van der Waals surface area contributed by atoms with Crippen molar-refractivity contribution in [1.29, 1.82) is 0 Å². The summed E-state index contributed by atoms with van der Waals surface area (Å²) in [7, 11) is 0. The number of benzene rings is 2. The van der Waals surface area contributed by atoms with Gasteiger partial charge in [0.05, 0.1) is 17.6 Å². The Labute approximate surface area is 162 Å². The largest absolute Gasteiger partial charge is 0.465 e. The van der Waals surface area contributed by atoms with E-state index in [1.807, 2.05) is 25.1 Å². The fourth-order valence-electron chi connectivity index (χ4n) is 2.82. The highest BCUT2D eigenvalue weighted by Gasteiger charge is 2.26. The number of thioether (sulfide) groups is 1. The molecule has 1 aromatic heterocycles. The van der Waals surface area contributed by atoms with Gasteiger partial charge in [-0.15, -0.1) is 11.8 Å². The summed E-state index contributed by atoms with van der Waals surface area (Å²) in [4.78, 5) is 33.4. The van der Waals surface area contributed by atoms with E-state index >= 15 is 0 Å². The van der Waals surface area contributed by atoms with E-state index in [-0.39, 0.29) is 17.9 Å². The van der Waals surface area contributed by atoms with Crippen molar-refractivity contribution in [3.63, 3.8) is 0 Å². The number of ether oxygens (including phenoxy) is 1. The molecule has 1 heterocycles. The molecule has 0 aliphatic rings. The minimum Gasteiger partial charge on any atom is -0.465 e. The van der Waals surface area contributed by atoms with Crippen molar-refractivity contribution >= 4 is 28.8 Å². The quantitative estimate of drug-likeness (QED) is 0.493. The summed E-state index contributed by atoms with van der Waals surface area (Å²) in [5.41, 5.74) is 2.40. The zero-order valence-electron chi connectivity index (χ0n) is 15.4. The summed E-state index contributed by atoms with van der Waals surface area (Å²) < 4.78 is 5.20. The van der Waals surface area contributed by atoms with E-state index in [4.69, 9.17) is 4.74 Å². The van der Waals surface area contributed by atoms with Gasteiger partial charge in [-0.3, -0.25) is 9.59 Å². The average molecular weight is 382 g/mol. The Hall–Kier alpha value is -2.60. The molecule has 1 atom stereocenters. The van der Waals surface area contributed by atoms with Crippen LogP contribution in [0.5, 0.6) is 0 Å². The minimum absolute atomic E-state index is 0.219. The van der Waals surface area contributed by atoms with E-state index < -0.39 is 11.9 Å². The predicted octanol–water partition coefficient (Wildman–Crippen LogP) is 4.06. The van der Waals surface area contributed by atoms with Gasteiger partial charge in [0.15, 0.2) is 0 Å². The number of para-hydroxylation sites is 2. The summed E-state index contributed by atoms with van der Waals surface area (Å²) in [5.74, 6) is -0.410. The molecule has 3 rings (SSSR count). The van der Waals surface area contributed by atoms with Crippen molar-refractivity contribution in [2.24, 2.45) is 0 Å². The van der Waals surface area contributed by atoms with Crippen LogP contribution < -0.4 is 5.56 Å². The van der Waals surface area contributed by atoms with E-state index in [1.54, 1.807) is 24.8 Å². The van der Waals surface area contributed by atoms with E-state index in [2.05, 4.69) is 34.2 Å². The third-order valence-electron chi connectivity index (χ3n) is 4.22. The summed E-state index contributed by atoms with van der Waals surface area (Å²) in [5, 5.41) is 0. The van der Waals surface area contributed by atoms with Crippen LogP contribution in [0.2, 0.25) is 0 Å². The smallest absolute Gasteiger partial charge is 0.315 e. The molecule has 0 saturated heterocycles. The van der Waals surface area contributed by atoms with Crippen LogP contribution in [0.4, 0.5) is 0 Å². The number of H-pyrrole nitrogens is 1. The van der Waals surface area contributed by atoms with Gasteiger partial charge in [-0.1, -0.05) is 29.8 Å². The fourth-order valence-corrected chi connectivity index (χ4v) is 3.74. The second kappa shape index (κ2) is 8.86. The highest BCUT2D eigenvalue weighted by Crippen LogP contribution is 2.25. The van der Waals surface area contributed by atoms with Crippen molar-refractivity contribution in [2.45, 2.75) is 31.1 Å². The zero-order valence-corrected chi connectivity index (χ0v) is 16.2. The summed E-state index contributed by atoms with van der Waals surface area (Å²) in [6.07, 6.45) is 0.478. The van der Waals surface area contributed by atoms with Crippen molar-refractivity contribution in [2.75, 3.05) is 12.4 Å². The molecule has 0 amide bonds. The van der Waals surface area contributed by atoms with Crippen LogP contribution in [-0.4, -0.2) is 28.3 Å². The van der Waals surface area contributed by atoms with Gasteiger partial charge in [-0.05, 0) is 50.3 Å². The number of nitrogens with one attached hydrogen (secondary N) is 1. The lowest BCUT2D eigenvalue weighted by Crippen LogP contribution is -2.26. The second-order valence-corrected chi connectivity index (χ2v) is 7.39. The van der Waals surface area contributed by atoms with Crippen LogP contribution in [0.1, 0.15) is 30.5 Å². The van der Waals surface area contributed by atoms with Crippen LogP contribution in [0, 0.1) is 6.92 Å². The molecular formula is C21H22N2O3S. The molecule has 0 aliphatic heterocycles. The van der Waals surface area contributed by atoms with Gasteiger partial charge >= 0.3 is 5.97 Å². The van der Waals surface area contributed by atoms with Crippen molar-refractivity contribution in [3.8, 4) is 0 Å². The van der Waals surface area contributed by atoms with Crippen molar-refractivity contribution in [1.82, 2.24) is 9.97 Å². The number of fused-ring (bicyclic) bond motifs is 1. The molecule has 0 aliphatic carbocycles. The molecule has 1 unspecified atom stereocenters. The first-order valence-corrected chi connectivity index (χ1v) is 9.92. The Morgan fingerprint density at radius 1 is 1.19 bits per heavy atom. The lowest BCUT2D eigenvalue weighted by atomic mass is 10.0. The molecule has 2 aromatic carbocycles. The molecule has 0 saturated carbocycles. The molecule has 5 nitrogen and oxygen atoms in total. The van der Waals surface area contributed by atoms with Crippen molar-refractivity contribution < 1.29 is 9.53 Å².